The van der Waals surface area contributed by atoms with Crippen molar-refractivity contribution in [2.45, 2.75) is 32.2 Å². The number of hydrogen-bond donors (Lipinski definition) is 0. The number of piperidine rings is 1. The third kappa shape index (κ3) is 4.60. The van der Waals surface area contributed by atoms with Gasteiger partial charge in [-0.25, -0.2) is 0 Å². The Morgan fingerprint density at radius 2 is 2.04 bits per heavy atom. The van der Waals surface area contributed by atoms with Crippen LogP contribution in [0, 0.1) is 5.92 Å². The zero-order chi connectivity index (χ0) is 19.2. The second-order valence-corrected chi connectivity index (χ2v) is 7.24. The number of carbonyl (C=O) groups is 1. The second kappa shape index (κ2) is 8.73. The molecule has 1 fully saturated rings. The fourth-order valence-electron chi connectivity index (χ4n) is 3.66. The lowest BCUT2D eigenvalue weighted by molar-refractivity contribution is -0.133. The summed E-state index contributed by atoms with van der Waals surface area (Å²) in [5, 5.41) is 12.8. The maximum absolute atomic E-state index is 12.6. The Bertz CT molecular complexity index is 896. The van der Waals surface area contributed by atoms with Crippen molar-refractivity contribution < 1.29 is 4.79 Å². The summed E-state index contributed by atoms with van der Waals surface area (Å²) in [6.07, 6.45) is 6.90. The Hall–Kier alpha value is -3.09. The third-order valence-electron chi connectivity index (χ3n) is 5.14. The van der Waals surface area contributed by atoms with Gasteiger partial charge in [-0.2, -0.15) is 4.80 Å². The largest absolute Gasteiger partial charge is 0.342 e. The van der Waals surface area contributed by atoms with Gasteiger partial charge in [0.15, 0.2) is 0 Å². The minimum absolute atomic E-state index is 0.233. The van der Waals surface area contributed by atoms with Gasteiger partial charge in [0, 0.05) is 37.5 Å². The maximum atomic E-state index is 12.6. The van der Waals surface area contributed by atoms with E-state index in [0.717, 1.165) is 37.9 Å². The van der Waals surface area contributed by atoms with Gasteiger partial charge in [-0.15, -0.1) is 10.2 Å². The molecule has 0 aliphatic carbocycles. The summed E-state index contributed by atoms with van der Waals surface area (Å²) < 4.78 is 0. The van der Waals surface area contributed by atoms with Gasteiger partial charge in [-0.3, -0.25) is 9.78 Å². The fraction of sp³-hybridized carbons (Fsp3) is 0.381. The molecule has 0 radical (unpaired) electrons. The molecule has 1 aromatic carbocycles. The van der Waals surface area contributed by atoms with E-state index in [9.17, 15) is 4.79 Å². The van der Waals surface area contributed by atoms with Gasteiger partial charge < -0.3 is 4.90 Å². The smallest absolute Gasteiger partial charge is 0.222 e. The molecular formula is C21H24N6O. The number of likely N-dealkylation sites (tertiary alicyclic amines) is 1. The molecule has 7 heteroatoms. The van der Waals surface area contributed by atoms with E-state index in [1.54, 1.807) is 17.2 Å². The number of pyridine rings is 1. The van der Waals surface area contributed by atoms with E-state index in [0.29, 0.717) is 24.7 Å². The van der Waals surface area contributed by atoms with Gasteiger partial charge in [-0.05, 0) is 48.1 Å². The number of amides is 1. The quantitative estimate of drug-likeness (QED) is 0.661. The van der Waals surface area contributed by atoms with Gasteiger partial charge in [0.2, 0.25) is 11.7 Å². The van der Waals surface area contributed by atoms with Crippen LogP contribution >= 0.6 is 0 Å². The Labute approximate surface area is 164 Å². The summed E-state index contributed by atoms with van der Waals surface area (Å²) in [5.74, 6) is 1.17. The summed E-state index contributed by atoms with van der Waals surface area (Å²) in [6.45, 7) is 2.28. The highest BCUT2D eigenvalue weighted by Gasteiger charge is 2.24. The molecular weight excluding hydrogens is 352 g/mol. The van der Waals surface area contributed by atoms with Crippen molar-refractivity contribution in [1.29, 1.82) is 0 Å². The number of carbonyl (C=O) groups excluding carboxylic acids is 1. The van der Waals surface area contributed by atoms with E-state index in [1.165, 1.54) is 5.56 Å². The van der Waals surface area contributed by atoms with Crippen molar-refractivity contribution in [3.05, 3.63) is 60.4 Å². The molecule has 0 unspecified atom stereocenters. The van der Waals surface area contributed by atoms with Crippen molar-refractivity contribution >= 4 is 5.91 Å². The van der Waals surface area contributed by atoms with E-state index in [4.69, 9.17) is 0 Å². The molecule has 1 amide bonds. The van der Waals surface area contributed by atoms with Gasteiger partial charge in [0.05, 0.1) is 6.54 Å². The number of rotatable bonds is 6. The summed E-state index contributed by atoms with van der Waals surface area (Å²) in [4.78, 5) is 20.4. The zero-order valence-corrected chi connectivity index (χ0v) is 15.8. The lowest BCUT2D eigenvalue weighted by Crippen LogP contribution is -2.41. The van der Waals surface area contributed by atoms with Crippen LogP contribution in [-0.4, -0.2) is 49.1 Å². The molecule has 1 aliphatic rings. The average Bonchev–Trinajstić information content (AvgIpc) is 3.22. The number of aromatic nitrogens is 5. The third-order valence-corrected chi connectivity index (χ3v) is 5.14. The monoisotopic (exact) mass is 376 g/mol. The molecule has 28 heavy (non-hydrogen) atoms. The molecule has 1 atom stereocenters. The molecule has 1 saturated heterocycles. The van der Waals surface area contributed by atoms with Crippen LogP contribution < -0.4 is 0 Å². The lowest BCUT2D eigenvalue weighted by Gasteiger charge is -2.32. The van der Waals surface area contributed by atoms with E-state index in [-0.39, 0.29) is 5.91 Å². The first-order valence-electron chi connectivity index (χ1n) is 9.78. The second-order valence-electron chi connectivity index (χ2n) is 7.24. The standard InChI is InChI=1S/C21H24N6O/c28-20(11-10-17-6-2-1-3-7-17)26-13-5-8-18(15-26)16-27-24-21(23-25-27)19-9-4-12-22-14-19/h1-4,6-7,9,12,14,18H,5,8,10-11,13,15-16H2/t18-/m1/s1. The van der Waals surface area contributed by atoms with Crippen molar-refractivity contribution in [1.82, 2.24) is 30.1 Å². The zero-order valence-electron chi connectivity index (χ0n) is 15.8. The van der Waals surface area contributed by atoms with Crippen molar-refractivity contribution in [2.75, 3.05) is 13.1 Å². The van der Waals surface area contributed by atoms with E-state index < -0.39 is 0 Å². The highest BCUT2D eigenvalue weighted by Crippen LogP contribution is 2.20. The fourth-order valence-corrected chi connectivity index (χ4v) is 3.66. The van der Waals surface area contributed by atoms with Crippen molar-refractivity contribution in [3.8, 4) is 11.4 Å². The first-order valence-corrected chi connectivity index (χ1v) is 9.78. The molecule has 0 bridgehead atoms. The van der Waals surface area contributed by atoms with Gasteiger partial charge >= 0.3 is 0 Å². The molecule has 144 valence electrons. The number of tetrazole rings is 1. The minimum atomic E-state index is 0.233. The highest BCUT2D eigenvalue weighted by molar-refractivity contribution is 5.76. The van der Waals surface area contributed by atoms with E-state index in [1.807, 2.05) is 35.2 Å². The molecule has 0 saturated carbocycles. The topological polar surface area (TPSA) is 76.8 Å². The summed E-state index contributed by atoms with van der Waals surface area (Å²) >= 11 is 0. The number of nitrogens with zero attached hydrogens (tertiary/aromatic N) is 6. The SMILES string of the molecule is O=C(CCc1ccccc1)N1CCC[C@@H](Cn2nnc(-c3cccnc3)n2)C1. The molecule has 3 aromatic rings. The van der Waals surface area contributed by atoms with Crippen LogP contribution in [-0.2, 0) is 17.8 Å². The summed E-state index contributed by atoms with van der Waals surface area (Å²) in [5.41, 5.74) is 2.06. The minimum Gasteiger partial charge on any atom is -0.342 e. The molecule has 1 aliphatic heterocycles. The summed E-state index contributed by atoms with van der Waals surface area (Å²) in [7, 11) is 0. The van der Waals surface area contributed by atoms with Crippen LogP contribution in [0.3, 0.4) is 0 Å². The van der Waals surface area contributed by atoms with Crippen LogP contribution in [0.25, 0.3) is 11.4 Å². The molecule has 2 aromatic heterocycles. The Balaban J connectivity index is 1.31. The number of aryl methyl sites for hydroxylation is 1. The van der Waals surface area contributed by atoms with Crippen LogP contribution in [0.15, 0.2) is 54.9 Å². The normalized spacial score (nSPS) is 16.9. The van der Waals surface area contributed by atoms with Crippen LogP contribution in [0.1, 0.15) is 24.8 Å². The highest BCUT2D eigenvalue weighted by atomic mass is 16.2. The molecule has 0 spiro atoms. The van der Waals surface area contributed by atoms with Crippen LogP contribution in [0.2, 0.25) is 0 Å². The van der Waals surface area contributed by atoms with E-state index in [2.05, 4.69) is 32.5 Å². The van der Waals surface area contributed by atoms with Crippen LogP contribution in [0.4, 0.5) is 0 Å². The van der Waals surface area contributed by atoms with Gasteiger partial charge in [0.25, 0.3) is 0 Å². The first kappa shape index (κ1) is 18.3. The molecule has 4 rings (SSSR count). The Morgan fingerprint density at radius 1 is 1.14 bits per heavy atom. The van der Waals surface area contributed by atoms with Crippen molar-refractivity contribution in [2.24, 2.45) is 5.92 Å². The molecule has 0 N–H and O–H groups in total. The summed E-state index contributed by atoms with van der Waals surface area (Å²) in [6, 6.07) is 13.9. The van der Waals surface area contributed by atoms with Crippen molar-refractivity contribution in [3.63, 3.8) is 0 Å². The van der Waals surface area contributed by atoms with Crippen LogP contribution in [0.5, 0.6) is 0 Å². The molecule has 7 nitrogen and oxygen atoms in total. The Morgan fingerprint density at radius 3 is 2.86 bits per heavy atom. The molecule has 3 heterocycles. The predicted molar refractivity (Wildman–Crippen MR) is 105 cm³/mol. The Kier molecular flexibility index (Phi) is 5.70. The number of hydrogen-bond acceptors (Lipinski definition) is 5. The average molecular weight is 376 g/mol. The van der Waals surface area contributed by atoms with E-state index >= 15 is 0 Å². The lowest BCUT2D eigenvalue weighted by atomic mass is 9.97. The first-order chi connectivity index (χ1) is 13.8. The van der Waals surface area contributed by atoms with Gasteiger partial charge in [0.1, 0.15) is 0 Å². The predicted octanol–water partition coefficient (Wildman–Crippen LogP) is 2.61. The number of benzene rings is 1. The van der Waals surface area contributed by atoms with Gasteiger partial charge in [-0.1, -0.05) is 30.3 Å². The maximum Gasteiger partial charge on any atom is 0.222 e.